The van der Waals surface area contributed by atoms with Gasteiger partial charge in [-0.05, 0) is 37.8 Å². The zero-order valence-corrected chi connectivity index (χ0v) is 16.8. The molecular weight excluding hydrogens is 366 g/mol. The Morgan fingerprint density at radius 1 is 1.30 bits per heavy atom. The van der Waals surface area contributed by atoms with E-state index in [-0.39, 0.29) is 24.1 Å². The summed E-state index contributed by atoms with van der Waals surface area (Å²) in [5.74, 6) is 1.42. The Morgan fingerprint density at radius 3 is 2.70 bits per heavy atom. The Bertz CT molecular complexity index is 742. The molecule has 2 aromatic rings. The van der Waals surface area contributed by atoms with Crippen LogP contribution in [0, 0.1) is 5.92 Å². The summed E-state index contributed by atoms with van der Waals surface area (Å²) in [4.78, 5) is 23.4. The third-order valence-corrected chi connectivity index (χ3v) is 4.92. The topological polar surface area (TPSA) is 116 Å². The van der Waals surface area contributed by atoms with Crippen LogP contribution in [0.4, 0.5) is 0 Å². The Morgan fingerprint density at radius 2 is 2.07 bits per heavy atom. The molecule has 8 nitrogen and oxygen atoms in total. The molecule has 9 heteroatoms. The van der Waals surface area contributed by atoms with E-state index in [1.54, 1.807) is 23.0 Å². The third kappa shape index (κ3) is 6.74. The first kappa shape index (κ1) is 21.0. The quantitative estimate of drug-likeness (QED) is 0.567. The lowest BCUT2D eigenvalue weighted by atomic mass is 10.0. The molecule has 2 aromatic heterocycles. The minimum Gasteiger partial charge on any atom is -0.461 e. The number of hydrogen-bond donors (Lipinski definition) is 2. The average Bonchev–Trinajstić information content (AvgIpc) is 3.25. The van der Waals surface area contributed by atoms with Crippen molar-refractivity contribution in [3.63, 3.8) is 0 Å². The van der Waals surface area contributed by atoms with E-state index in [1.807, 2.05) is 6.92 Å². The summed E-state index contributed by atoms with van der Waals surface area (Å²) in [6, 6.07) is 3.65. The molecule has 148 valence electrons. The van der Waals surface area contributed by atoms with Crippen LogP contribution < -0.4 is 11.1 Å². The number of rotatable bonds is 11. The minimum absolute atomic E-state index is 0.0553. The van der Waals surface area contributed by atoms with E-state index in [0.29, 0.717) is 29.2 Å². The molecular formula is C18H27N5O3S. The van der Waals surface area contributed by atoms with E-state index < -0.39 is 5.91 Å². The fourth-order valence-electron chi connectivity index (χ4n) is 2.51. The summed E-state index contributed by atoms with van der Waals surface area (Å²) in [5.41, 5.74) is 5.27. The number of carbonyl (C=O) groups excluding carboxylic acids is 2. The second kappa shape index (κ2) is 10.1. The van der Waals surface area contributed by atoms with Gasteiger partial charge in [-0.25, -0.2) is 0 Å². The van der Waals surface area contributed by atoms with Gasteiger partial charge < -0.3 is 15.5 Å². The smallest absolute Gasteiger partial charge is 0.230 e. The van der Waals surface area contributed by atoms with Gasteiger partial charge in [-0.1, -0.05) is 25.6 Å². The molecule has 0 saturated heterocycles. The Kier molecular flexibility index (Phi) is 7.90. The second-order valence-electron chi connectivity index (χ2n) is 6.88. The fourth-order valence-corrected chi connectivity index (χ4v) is 3.28. The molecule has 0 aliphatic rings. The van der Waals surface area contributed by atoms with Crippen molar-refractivity contribution >= 4 is 23.6 Å². The predicted molar refractivity (Wildman–Crippen MR) is 104 cm³/mol. The van der Waals surface area contributed by atoms with Crippen LogP contribution in [0.25, 0.3) is 11.6 Å². The number of hydrogen-bond acceptors (Lipinski definition) is 6. The molecule has 0 unspecified atom stereocenters. The van der Waals surface area contributed by atoms with Crippen molar-refractivity contribution in [2.75, 3.05) is 5.75 Å². The number of carbonyl (C=O) groups is 2. The fraction of sp³-hybridized carbons (Fsp3) is 0.556. The third-order valence-electron chi connectivity index (χ3n) is 3.96. The molecule has 2 heterocycles. The number of nitrogens with one attached hydrogen (secondary N) is 1. The Hall–Kier alpha value is -2.29. The maximum atomic E-state index is 12.2. The summed E-state index contributed by atoms with van der Waals surface area (Å²) in [6.07, 6.45) is 3.72. The number of thioether (sulfide) groups is 1. The normalized spacial score (nSPS) is 12.3. The van der Waals surface area contributed by atoms with Gasteiger partial charge in [0.25, 0.3) is 0 Å². The van der Waals surface area contributed by atoms with Crippen molar-refractivity contribution in [2.45, 2.75) is 57.8 Å². The summed E-state index contributed by atoms with van der Waals surface area (Å²) in [7, 11) is 0. The first-order chi connectivity index (χ1) is 12.9. The van der Waals surface area contributed by atoms with E-state index in [2.05, 4.69) is 29.4 Å². The van der Waals surface area contributed by atoms with Crippen molar-refractivity contribution in [1.29, 1.82) is 0 Å². The van der Waals surface area contributed by atoms with Crippen molar-refractivity contribution in [3.05, 3.63) is 18.4 Å². The van der Waals surface area contributed by atoms with Gasteiger partial charge in [0.2, 0.25) is 11.8 Å². The molecule has 0 spiro atoms. The van der Waals surface area contributed by atoms with Crippen molar-refractivity contribution in [3.8, 4) is 11.6 Å². The first-order valence-electron chi connectivity index (χ1n) is 9.04. The standard InChI is InChI=1S/C18H27N5O3S/c1-12(2)6-7-13(3)20-16(25)11-27-18-22-21-17(14-5-4-10-26-14)23(18)9-8-15(19)24/h4-5,10,12-13H,6-9,11H2,1-3H3,(H2,19,24)(H,20,25)/t13-/m1/s1. The van der Waals surface area contributed by atoms with Gasteiger partial charge in [-0.2, -0.15) is 0 Å². The zero-order valence-electron chi connectivity index (χ0n) is 16.0. The summed E-state index contributed by atoms with van der Waals surface area (Å²) < 4.78 is 7.13. The molecule has 0 saturated carbocycles. The molecule has 1 atom stereocenters. The van der Waals surface area contributed by atoms with Crippen LogP contribution in [0.5, 0.6) is 0 Å². The zero-order chi connectivity index (χ0) is 19.8. The summed E-state index contributed by atoms with van der Waals surface area (Å²) in [6.45, 7) is 6.67. The number of furan rings is 1. The molecule has 0 aliphatic carbocycles. The molecule has 0 radical (unpaired) electrons. The van der Waals surface area contributed by atoms with Gasteiger partial charge in [0, 0.05) is 19.0 Å². The van der Waals surface area contributed by atoms with Crippen molar-refractivity contribution < 1.29 is 14.0 Å². The van der Waals surface area contributed by atoms with Crippen LogP contribution in [-0.4, -0.2) is 38.4 Å². The van der Waals surface area contributed by atoms with Crippen LogP contribution in [-0.2, 0) is 16.1 Å². The van der Waals surface area contributed by atoms with E-state index >= 15 is 0 Å². The van der Waals surface area contributed by atoms with Gasteiger partial charge in [-0.15, -0.1) is 10.2 Å². The number of amides is 2. The van der Waals surface area contributed by atoms with Gasteiger partial charge in [0.15, 0.2) is 16.7 Å². The van der Waals surface area contributed by atoms with Crippen LogP contribution in [0.2, 0.25) is 0 Å². The van der Waals surface area contributed by atoms with Crippen LogP contribution in [0.15, 0.2) is 28.0 Å². The summed E-state index contributed by atoms with van der Waals surface area (Å²) in [5, 5.41) is 11.8. The van der Waals surface area contributed by atoms with Crippen molar-refractivity contribution in [1.82, 2.24) is 20.1 Å². The monoisotopic (exact) mass is 393 g/mol. The number of nitrogens with zero attached hydrogens (tertiary/aromatic N) is 3. The molecule has 3 N–H and O–H groups in total. The average molecular weight is 394 g/mol. The van der Waals surface area contributed by atoms with Gasteiger partial charge >= 0.3 is 0 Å². The highest BCUT2D eigenvalue weighted by molar-refractivity contribution is 7.99. The van der Waals surface area contributed by atoms with E-state index in [4.69, 9.17) is 10.2 Å². The largest absolute Gasteiger partial charge is 0.461 e. The van der Waals surface area contributed by atoms with E-state index in [9.17, 15) is 9.59 Å². The molecule has 0 fully saturated rings. The maximum Gasteiger partial charge on any atom is 0.230 e. The number of aromatic nitrogens is 3. The van der Waals surface area contributed by atoms with Gasteiger partial charge in [0.05, 0.1) is 12.0 Å². The number of primary amides is 1. The van der Waals surface area contributed by atoms with Crippen LogP contribution >= 0.6 is 11.8 Å². The van der Waals surface area contributed by atoms with Crippen LogP contribution in [0.3, 0.4) is 0 Å². The van der Waals surface area contributed by atoms with E-state index in [0.717, 1.165) is 12.8 Å². The lowest BCUT2D eigenvalue weighted by molar-refractivity contribution is -0.119. The minimum atomic E-state index is -0.415. The van der Waals surface area contributed by atoms with Gasteiger partial charge in [-0.3, -0.25) is 14.2 Å². The molecule has 2 rings (SSSR count). The summed E-state index contributed by atoms with van der Waals surface area (Å²) >= 11 is 1.27. The lowest BCUT2D eigenvalue weighted by Gasteiger charge is -2.15. The Balaban J connectivity index is 1.98. The molecule has 2 amide bonds. The Labute approximate surface area is 163 Å². The first-order valence-corrected chi connectivity index (χ1v) is 10.0. The molecule has 0 aromatic carbocycles. The second-order valence-corrected chi connectivity index (χ2v) is 7.82. The van der Waals surface area contributed by atoms with Crippen molar-refractivity contribution in [2.24, 2.45) is 11.7 Å². The highest BCUT2D eigenvalue weighted by Crippen LogP contribution is 2.24. The van der Waals surface area contributed by atoms with Crippen LogP contribution in [0.1, 0.15) is 40.0 Å². The van der Waals surface area contributed by atoms with Gasteiger partial charge in [0.1, 0.15) is 0 Å². The molecule has 27 heavy (non-hydrogen) atoms. The lowest BCUT2D eigenvalue weighted by Crippen LogP contribution is -2.34. The van der Waals surface area contributed by atoms with E-state index in [1.165, 1.54) is 11.8 Å². The highest BCUT2D eigenvalue weighted by atomic mass is 32.2. The maximum absolute atomic E-state index is 12.2. The SMILES string of the molecule is CC(C)CC[C@@H](C)NC(=O)CSc1nnc(-c2ccco2)n1CCC(N)=O. The highest BCUT2D eigenvalue weighted by Gasteiger charge is 2.18. The number of nitrogens with two attached hydrogens (primary N) is 1. The molecule has 0 bridgehead atoms. The predicted octanol–water partition coefficient (Wildman–Crippen LogP) is 2.45. The molecule has 0 aliphatic heterocycles.